The van der Waals surface area contributed by atoms with Gasteiger partial charge in [0.25, 0.3) is 0 Å². The number of aromatic nitrogens is 2. The van der Waals surface area contributed by atoms with Crippen molar-refractivity contribution in [2.75, 3.05) is 18.0 Å². The molecule has 3 N–H and O–H groups in total. The van der Waals surface area contributed by atoms with E-state index in [9.17, 15) is 4.79 Å². The fourth-order valence-electron chi connectivity index (χ4n) is 2.39. The minimum absolute atomic E-state index is 0. The summed E-state index contributed by atoms with van der Waals surface area (Å²) in [5.74, 6) is 0.852. The van der Waals surface area contributed by atoms with E-state index in [1.54, 1.807) is 13.3 Å². The fourth-order valence-corrected chi connectivity index (χ4v) is 2.39. The van der Waals surface area contributed by atoms with Gasteiger partial charge in [0.05, 0.1) is 6.04 Å². The van der Waals surface area contributed by atoms with Crippen LogP contribution in [0.3, 0.4) is 0 Å². The van der Waals surface area contributed by atoms with E-state index in [0.717, 1.165) is 43.9 Å². The normalized spacial score (nSPS) is 19.6. The average Bonchev–Trinajstić information content (AvgIpc) is 2.47. The second kappa shape index (κ2) is 8.14. The minimum atomic E-state index is -0.462. The Bertz CT molecular complexity index is 468. The van der Waals surface area contributed by atoms with Crippen LogP contribution in [0.4, 0.5) is 5.82 Å². The molecule has 2 rings (SSSR count). The fraction of sp³-hybridized carbons (Fsp3) is 0.643. The smallest absolute Gasteiger partial charge is 0.236 e. The van der Waals surface area contributed by atoms with E-state index in [4.69, 9.17) is 5.73 Å². The zero-order valence-electron chi connectivity index (χ0n) is 12.6. The number of halogens is 1. The average molecular weight is 314 g/mol. The predicted molar refractivity (Wildman–Crippen MR) is 85.7 cm³/mol. The lowest BCUT2D eigenvalue weighted by molar-refractivity contribution is -0.122. The molecule has 2 heterocycles. The van der Waals surface area contributed by atoms with E-state index in [0.29, 0.717) is 0 Å². The molecule has 0 aromatic carbocycles. The lowest BCUT2D eigenvalue weighted by atomic mass is 10.1. The summed E-state index contributed by atoms with van der Waals surface area (Å²) in [6, 6.07) is 1.70. The Morgan fingerprint density at radius 3 is 3.00 bits per heavy atom. The van der Waals surface area contributed by atoms with Gasteiger partial charge in [-0.1, -0.05) is 6.92 Å². The van der Waals surface area contributed by atoms with Gasteiger partial charge in [-0.25, -0.2) is 9.97 Å². The standard InChI is InChI=1S/C14H23N5O.ClH/c1-3-11-7-13(17-9-16-11)19-6-4-5-12(8-19)18-14(20)10(2)15;/h7,9-10,12H,3-6,8,15H2,1-2H3,(H,18,20);1H. The van der Waals surface area contributed by atoms with Crippen molar-refractivity contribution >= 4 is 24.1 Å². The van der Waals surface area contributed by atoms with Gasteiger partial charge >= 0.3 is 0 Å². The zero-order chi connectivity index (χ0) is 14.5. The summed E-state index contributed by atoms with van der Waals surface area (Å²) in [5, 5.41) is 3.00. The third kappa shape index (κ3) is 4.82. The number of aryl methyl sites for hydroxylation is 1. The number of carbonyl (C=O) groups is 1. The number of hydrogen-bond acceptors (Lipinski definition) is 5. The van der Waals surface area contributed by atoms with Gasteiger partial charge in [-0.05, 0) is 26.2 Å². The predicted octanol–water partition coefficient (Wildman–Crippen LogP) is 0.893. The third-order valence-electron chi connectivity index (χ3n) is 3.58. The molecule has 2 unspecified atom stereocenters. The van der Waals surface area contributed by atoms with Crippen LogP contribution in [0, 0.1) is 0 Å². The van der Waals surface area contributed by atoms with E-state index in [1.165, 1.54) is 0 Å². The number of rotatable bonds is 4. The van der Waals surface area contributed by atoms with Crippen molar-refractivity contribution in [1.82, 2.24) is 15.3 Å². The molecule has 0 saturated carbocycles. The Balaban J connectivity index is 0.00000220. The Labute approximate surface area is 131 Å². The second-order valence-corrected chi connectivity index (χ2v) is 5.30. The van der Waals surface area contributed by atoms with Crippen molar-refractivity contribution in [2.45, 2.75) is 45.2 Å². The maximum Gasteiger partial charge on any atom is 0.236 e. The summed E-state index contributed by atoms with van der Waals surface area (Å²) in [6.45, 7) is 5.52. The first-order chi connectivity index (χ1) is 9.60. The molecule has 1 aliphatic rings. The van der Waals surface area contributed by atoms with Gasteiger partial charge in [-0.2, -0.15) is 0 Å². The molecule has 0 radical (unpaired) electrons. The summed E-state index contributed by atoms with van der Waals surface area (Å²) < 4.78 is 0. The van der Waals surface area contributed by atoms with Crippen LogP contribution in [0.5, 0.6) is 0 Å². The van der Waals surface area contributed by atoms with Gasteiger partial charge in [-0.3, -0.25) is 4.79 Å². The van der Waals surface area contributed by atoms with Gasteiger partial charge in [0.1, 0.15) is 12.1 Å². The SMILES string of the molecule is CCc1cc(N2CCCC(NC(=O)C(C)N)C2)ncn1.Cl. The van der Waals surface area contributed by atoms with Gasteiger partial charge in [0.2, 0.25) is 5.91 Å². The molecule has 1 saturated heterocycles. The molecule has 1 aromatic heterocycles. The lowest BCUT2D eigenvalue weighted by Gasteiger charge is -2.34. The van der Waals surface area contributed by atoms with Gasteiger partial charge in [0.15, 0.2) is 0 Å². The van der Waals surface area contributed by atoms with E-state index < -0.39 is 6.04 Å². The molecular weight excluding hydrogens is 290 g/mol. The molecule has 7 heteroatoms. The lowest BCUT2D eigenvalue weighted by Crippen LogP contribution is -2.51. The highest BCUT2D eigenvalue weighted by Gasteiger charge is 2.23. The Morgan fingerprint density at radius 2 is 2.33 bits per heavy atom. The highest BCUT2D eigenvalue weighted by Crippen LogP contribution is 2.18. The monoisotopic (exact) mass is 313 g/mol. The van der Waals surface area contributed by atoms with Gasteiger partial charge in [-0.15, -0.1) is 12.4 Å². The largest absolute Gasteiger partial charge is 0.354 e. The van der Waals surface area contributed by atoms with Crippen LogP contribution in [0.1, 0.15) is 32.4 Å². The summed E-state index contributed by atoms with van der Waals surface area (Å²) in [6.07, 6.45) is 4.53. The van der Waals surface area contributed by atoms with E-state index >= 15 is 0 Å². The molecule has 1 fully saturated rings. The molecule has 21 heavy (non-hydrogen) atoms. The molecule has 0 bridgehead atoms. The van der Waals surface area contributed by atoms with E-state index in [1.807, 2.05) is 6.07 Å². The van der Waals surface area contributed by atoms with Crippen LogP contribution < -0.4 is 16.0 Å². The molecule has 118 valence electrons. The topological polar surface area (TPSA) is 84.1 Å². The van der Waals surface area contributed by atoms with Crippen molar-refractivity contribution < 1.29 is 4.79 Å². The molecule has 2 atom stereocenters. The zero-order valence-corrected chi connectivity index (χ0v) is 13.4. The number of carbonyl (C=O) groups excluding carboxylic acids is 1. The first-order valence-corrected chi connectivity index (χ1v) is 7.22. The molecule has 0 spiro atoms. The molecule has 0 aliphatic carbocycles. The molecule has 1 aliphatic heterocycles. The van der Waals surface area contributed by atoms with Crippen molar-refractivity contribution in [2.24, 2.45) is 5.73 Å². The minimum Gasteiger partial charge on any atom is -0.354 e. The first-order valence-electron chi connectivity index (χ1n) is 7.22. The molecular formula is C14H24ClN5O. The van der Waals surface area contributed by atoms with E-state index in [2.05, 4.69) is 27.1 Å². The first kappa shape index (κ1) is 17.7. The van der Waals surface area contributed by atoms with Crippen molar-refractivity contribution in [3.05, 3.63) is 18.1 Å². The molecule has 6 nitrogen and oxygen atoms in total. The quantitative estimate of drug-likeness (QED) is 0.862. The number of nitrogens with two attached hydrogens (primary N) is 1. The number of hydrogen-bond donors (Lipinski definition) is 2. The number of nitrogens with one attached hydrogen (secondary N) is 1. The second-order valence-electron chi connectivity index (χ2n) is 5.30. The van der Waals surface area contributed by atoms with Crippen LogP contribution in [0.2, 0.25) is 0 Å². The summed E-state index contributed by atoms with van der Waals surface area (Å²) >= 11 is 0. The maximum atomic E-state index is 11.7. The number of nitrogens with zero attached hydrogens (tertiary/aromatic N) is 3. The van der Waals surface area contributed by atoms with Crippen molar-refractivity contribution in [3.63, 3.8) is 0 Å². The highest BCUT2D eigenvalue weighted by molar-refractivity contribution is 5.85. The molecule has 1 aromatic rings. The van der Waals surface area contributed by atoms with Crippen LogP contribution in [-0.2, 0) is 11.2 Å². The summed E-state index contributed by atoms with van der Waals surface area (Å²) in [5.41, 5.74) is 6.63. The Hall–Kier alpha value is -1.40. The van der Waals surface area contributed by atoms with Crippen LogP contribution in [0.25, 0.3) is 0 Å². The van der Waals surface area contributed by atoms with Crippen LogP contribution in [0.15, 0.2) is 12.4 Å². The number of piperidine rings is 1. The summed E-state index contributed by atoms with van der Waals surface area (Å²) in [7, 11) is 0. The van der Waals surface area contributed by atoms with Crippen molar-refractivity contribution in [3.8, 4) is 0 Å². The Kier molecular flexibility index (Phi) is 6.84. The van der Waals surface area contributed by atoms with E-state index in [-0.39, 0.29) is 24.4 Å². The summed E-state index contributed by atoms with van der Waals surface area (Å²) in [4.78, 5) is 22.4. The van der Waals surface area contributed by atoms with Crippen LogP contribution in [-0.4, -0.2) is 41.0 Å². The number of amides is 1. The maximum absolute atomic E-state index is 11.7. The number of anilines is 1. The highest BCUT2D eigenvalue weighted by atomic mass is 35.5. The van der Waals surface area contributed by atoms with Gasteiger partial charge < -0.3 is 16.0 Å². The Morgan fingerprint density at radius 1 is 1.57 bits per heavy atom. The van der Waals surface area contributed by atoms with Gasteiger partial charge in [0, 0.05) is 30.9 Å². The third-order valence-corrected chi connectivity index (χ3v) is 3.58. The molecule has 1 amide bonds. The van der Waals surface area contributed by atoms with Crippen LogP contribution >= 0.6 is 12.4 Å². The van der Waals surface area contributed by atoms with Crippen molar-refractivity contribution in [1.29, 1.82) is 0 Å².